The minimum atomic E-state index is -3.50. The Morgan fingerprint density at radius 2 is 1.74 bits per heavy atom. The number of carbonyl (C=O) groups excluding carboxylic acids is 2. The van der Waals surface area contributed by atoms with Crippen molar-refractivity contribution in [2.24, 2.45) is 0 Å². The highest BCUT2D eigenvalue weighted by atomic mass is 32.2. The third-order valence-electron chi connectivity index (χ3n) is 5.63. The highest BCUT2D eigenvalue weighted by Gasteiger charge is 2.26. The van der Waals surface area contributed by atoms with Crippen molar-refractivity contribution in [3.05, 3.63) is 65.7 Å². The maximum absolute atomic E-state index is 13.2. The van der Waals surface area contributed by atoms with Gasteiger partial charge in [0.15, 0.2) is 0 Å². The van der Waals surface area contributed by atoms with E-state index in [-0.39, 0.29) is 24.8 Å². The maximum atomic E-state index is 13.2. The summed E-state index contributed by atoms with van der Waals surface area (Å²) in [6, 6.07) is 16.2. The molecule has 7 nitrogen and oxygen atoms in total. The predicted molar refractivity (Wildman–Crippen MR) is 137 cm³/mol. The number of sulfonamides is 1. The van der Waals surface area contributed by atoms with E-state index in [2.05, 4.69) is 12.2 Å². The average Bonchev–Trinajstić information content (AvgIpc) is 2.79. The van der Waals surface area contributed by atoms with E-state index < -0.39 is 16.1 Å². The van der Waals surface area contributed by atoms with Gasteiger partial charge in [0.25, 0.3) is 0 Å². The maximum Gasteiger partial charge on any atom is 0.242 e. The van der Waals surface area contributed by atoms with Crippen LogP contribution in [0.5, 0.6) is 0 Å². The molecule has 0 spiro atoms. The topological polar surface area (TPSA) is 86.8 Å². The van der Waals surface area contributed by atoms with Gasteiger partial charge < -0.3 is 10.2 Å². The van der Waals surface area contributed by atoms with E-state index >= 15 is 0 Å². The van der Waals surface area contributed by atoms with Gasteiger partial charge in [0.05, 0.1) is 11.9 Å². The van der Waals surface area contributed by atoms with Gasteiger partial charge in [0.2, 0.25) is 21.8 Å². The van der Waals surface area contributed by atoms with E-state index in [0.29, 0.717) is 25.2 Å². The summed E-state index contributed by atoms with van der Waals surface area (Å²) in [7, 11) is -3.50. The Morgan fingerprint density at radius 1 is 1.03 bits per heavy atom. The quantitative estimate of drug-likeness (QED) is 0.435. The van der Waals surface area contributed by atoms with Crippen LogP contribution in [0, 0.1) is 6.92 Å². The molecular formula is C26H37N3O4S. The number of carbonyl (C=O) groups is 2. The minimum absolute atomic E-state index is 0.136. The van der Waals surface area contributed by atoms with Crippen molar-refractivity contribution in [1.29, 1.82) is 0 Å². The number of rotatable bonds is 13. The number of unbranched alkanes of at least 4 members (excludes halogenated alkanes) is 1. The minimum Gasteiger partial charge on any atom is -0.354 e. The summed E-state index contributed by atoms with van der Waals surface area (Å²) >= 11 is 0. The number of benzene rings is 2. The molecule has 0 bridgehead atoms. The first-order valence-electron chi connectivity index (χ1n) is 11.8. The van der Waals surface area contributed by atoms with Gasteiger partial charge in [-0.05, 0) is 49.9 Å². The van der Waals surface area contributed by atoms with Crippen LogP contribution >= 0.6 is 0 Å². The van der Waals surface area contributed by atoms with Crippen LogP contribution in [0.15, 0.2) is 54.6 Å². The van der Waals surface area contributed by atoms with Gasteiger partial charge >= 0.3 is 0 Å². The molecule has 2 amide bonds. The van der Waals surface area contributed by atoms with Gasteiger partial charge in [-0.1, -0.05) is 55.8 Å². The molecule has 0 aliphatic heterocycles. The van der Waals surface area contributed by atoms with Crippen LogP contribution in [0.1, 0.15) is 50.7 Å². The average molecular weight is 488 g/mol. The van der Waals surface area contributed by atoms with Crippen LogP contribution in [0.4, 0.5) is 5.69 Å². The molecule has 2 aromatic rings. The molecule has 2 rings (SSSR count). The van der Waals surface area contributed by atoms with Crippen LogP contribution in [-0.4, -0.2) is 50.5 Å². The summed E-state index contributed by atoms with van der Waals surface area (Å²) in [4.78, 5) is 27.5. The summed E-state index contributed by atoms with van der Waals surface area (Å²) in [6.07, 6.45) is 3.50. The number of anilines is 1. The second-order valence-corrected chi connectivity index (χ2v) is 10.5. The van der Waals surface area contributed by atoms with Crippen molar-refractivity contribution in [1.82, 2.24) is 10.2 Å². The molecule has 0 saturated carbocycles. The summed E-state index contributed by atoms with van der Waals surface area (Å²) in [5, 5.41) is 2.91. The van der Waals surface area contributed by atoms with Gasteiger partial charge in [-0.15, -0.1) is 0 Å². The predicted octanol–water partition coefficient (Wildman–Crippen LogP) is 3.87. The van der Waals surface area contributed by atoms with Crippen LogP contribution in [0.25, 0.3) is 0 Å². The van der Waals surface area contributed by atoms with Crippen molar-refractivity contribution >= 4 is 27.5 Å². The Balaban J connectivity index is 2.11. The highest BCUT2D eigenvalue weighted by molar-refractivity contribution is 7.92. The first-order valence-corrected chi connectivity index (χ1v) is 13.6. The van der Waals surface area contributed by atoms with Gasteiger partial charge in [-0.25, -0.2) is 8.42 Å². The van der Waals surface area contributed by atoms with Gasteiger partial charge in [-0.3, -0.25) is 13.9 Å². The fourth-order valence-corrected chi connectivity index (χ4v) is 4.64. The van der Waals surface area contributed by atoms with Gasteiger partial charge in [0.1, 0.15) is 6.04 Å². The molecule has 186 valence electrons. The highest BCUT2D eigenvalue weighted by Crippen LogP contribution is 2.20. The van der Waals surface area contributed by atoms with Crippen LogP contribution in [-0.2, 0) is 26.2 Å². The summed E-state index contributed by atoms with van der Waals surface area (Å²) in [5.74, 6) is -0.366. The molecule has 0 aliphatic carbocycles. The van der Waals surface area contributed by atoms with E-state index in [1.807, 2.05) is 55.5 Å². The summed E-state index contributed by atoms with van der Waals surface area (Å²) < 4.78 is 26.1. The van der Waals surface area contributed by atoms with Crippen molar-refractivity contribution in [2.75, 3.05) is 23.7 Å². The normalized spacial score (nSPS) is 12.1. The lowest BCUT2D eigenvalue weighted by Crippen LogP contribution is -2.47. The molecule has 2 aromatic carbocycles. The molecule has 0 fully saturated rings. The lowest BCUT2D eigenvalue weighted by Gasteiger charge is -2.29. The lowest BCUT2D eigenvalue weighted by atomic mass is 10.1. The number of hydrogen-bond donors (Lipinski definition) is 1. The summed E-state index contributed by atoms with van der Waals surface area (Å²) in [6.45, 7) is 6.77. The number of aryl methyl sites for hydroxylation is 1. The molecule has 0 radical (unpaired) electrons. The van der Waals surface area contributed by atoms with Crippen molar-refractivity contribution in [3.63, 3.8) is 0 Å². The molecule has 0 unspecified atom stereocenters. The Hall–Kier alpha value is -2.87. The summed E-state index contributed by atoms with van der Waals surface area (Å²) in [5.41, 5.74) is 2.47. The van der Waals surface area contributed by atoms with Gasteiger partial charge in [-0.2, -0.15) is 0 Å². The monoisotopic (exact) mass is 487 g/mol. The Bertz CT molecular complexity index is 1040. The molecule has 0 saturated heterocycles. The third-order valence-corrected chi connectivity index (χ3v) is 6.83. The van der Waals surface area contributed by atoms with E-state index in [1.165, 1.54) is 10.6 Å². The number of nitrogens with zero attached hydrogens (tertiary/aromatic N) is 2. The number of amides is 2. The standard InChI is InChI=1S/C26H37N3O4S/c1-5-6-17-27-26(31)22(3)28(20-23-13-8-7-9-14-23)25(30)16-11-18-29(34(4,32)33)24-15-10-12-21(2)19-24/h7-10,12-15,19,22H,5-6,11,16-18,20H2,1-4H3,(H,27,31)/t22-/m1/s1. The third kappa shape index (κ3) is 8.48. The van der Waals surface area contributed by atoms with E-state index in [0.717, 1.165) is 24.0 Å². The molecule has 0 aliphatic rings. The van der Waals surface area contributed by atoms with E-state index in [4.69, 9.17) is 0 Å². The van der Waals surface area contributed by atoms with Crippen molar-refractivity contribution < 1.29 is 18.0 Å². The zero-order chi connectivity index (χ0) is 25.1. The van der Waals surface area contributed by atoms with E-state index in [9.17, 15) is 18.0 Å². The fourth-order valence-electron chi connectivity index (χ4n) is 3.69. The lowest BCUT2D eigenvalue weighted by molar-refractivity contribution is -0.140. The SMILES string of the molecule is CCCCNC(=O)[C@@H](C)N(Cc1ccccc1)C(=O)CCCN(c1cccc(C)c1)S(C)(=O)=O. The second-order valence-electron chi connectivity index (χ2n) is 8.61. The first kappa shape index (κ1) is 27.4. The first-order chi connectivity index (χ1) is 16.1. The molecular weight excluding hydrogens is 450 g/mol. The number of nitrogens with one attached hydrogen (secondary N) is 1. The van der Waals surface area contributed by atoms with Crippen molar-refractivity contribution in [3.8, 4) is 0 Å². The number of hydrogen-bond acceptors (Lipinski definition) is 4. The Labute approximate surface area is 204 Å². The molecule has 0 heterocycles. The molecule has 0 aromatic heterocycles. The van der Waals surface area contributed by atoms with Crippen LogP contribution in [0.2, 0.25) is 0 Å². The molecule has 1 atom stereocenters. The van der Waals surface area contributed by atoms with E-state index in [1.54, 1.807) is 17.9 Å². The smallest absolute Gasteiger partial charge is 0.242 e. The fraction of sp³-hybridized carbons (Fsp3) is 0.462. The Morgan fingerprint density at radius 3 is 2.35 bits per heavy atom. The zero-order valence-electron chi connectivity index (χ0n) is 20.7. The molecule has 8 heteroatoms. The van der Waals surface area contributed by atoms with Crippen LogP contribution < -0.4 is 9.62 Å². The zero-order valence-corrected chi connectivity index (χ0v) is 21.5. The largest absolute Gasteiger partial charge is 0.354 e. The Kier molecular flexibility index (Phi) is 10.6. The molecule has 34 heavy (non-hydrogen) atoms. The van der Waals surface area contributed by atoms with Gasteiger partial charge in [0, 0.05) is 26.1 Å². The second kappa shape index (κ2) is 13.1. The molecule has 1 N–H and O–H groups in total. The van der Waals surface area contributed by atoms with Crippen LogP contribution in [0.3, 0.4) is 0 Å². The van der Waals surface area contributed by atoms with Crippen molar-refractivity contribution in [2.45, 2.75) is 59.0 Å².